The first kappa shape index (κ1) is 22.7. The zero-order valence-electron chi connectivity index (χ0n) is 18.0. The third kappa shape index (κ3) is 4.36. The van der Waals surface area contributed by atoms with Gasteiger partial charge in [0, 0.05) is 12.8 Å². The first-order chi connectivity index (χ1) is 15.3. The van der Waals surface area contributed by atoms with Crippen LogP contribution in [0.5, 0.6) is 23.0 Å². The fourth-order valence-electron chi connectivity index (χ4n) is 3.44. The fourth-order valence-corrected chi connectivity index (χ4v) is 3.44. The van der Waals surface area contributed by atoms with Gasteiger partial charge in [-0.2, -0.15) is 0 Å². The monoisotopic (exact) mass is 442 g/mol. The highest BCUT2D eigenvalue weighted by Gasteiger charge is 2.30. The zero-order chi connectivity index (χ0) is 23.4. The molecule has 0 unspecified atom stereocenters. The predicted molar refractivity (Wildman–Crippen MR) is 113 cm³/mol. The van der Waals surface area contributed by atoms with Gasteiger partial charge in [0.1, 0.15) is 11.3 Å². The van der Waals surface area contributed by atoms with Gasteiger partial charge in [-0.3, -0.25) is 9.59 Å². The lowest BCUT2D eigenvalue weighted by Crippen LogP contribution is -2.18. The second-order valence-electron chi connectivity index (χ2n) is 6.83. The van der Waals surface area contributed by atoms with Crippen LogP contribution in [0.1, 0.15) is 30.4 Å². The molecule has 0 radical (unpaired) electrons. The van der Waals surface area contributed by atoms with Crippen molar-refractivity contribution in [2.24, 2.45) is 0 Å². The number of carbonyl (C=O) groups is 2. The molecule has 9 nitrogen and oxygen atoms in total. The minimum atomic E-state index is -0.975. The minimum Gasteiger partial charge on any atom is -0.507 e. The molecular weight excluding hydrogens is 420 g/mol. The molecule has 3 rings (SSSR count). The van der Waals surface area contributed by atoms with Crippen LogP contribution in [-0.4, -0.2) is 38.4 Å². The Morgan fingerprint density at radius 1 is 1.06 bits per heavy atom. The predicted octanol–water partition coefficient (Wildman–Crippen LogP) is 3.14. The van der Waals surface area contributed by atoms with Crippen LogP contribution in [0.15, 0.2) is 45.6 Å². The topological polar surface area (TPSA) is 122 Å². The average molecular weight is 442 g/mol. The Kier molecular flexibility index (Phi) is 6.67. The Labute approximate surface area is 183 Å². The van der Waals surface area contributed by atoms with Crippen LogP contribution in [-0.2, 0) is 14.3 Å². The maximum Gasteiger partial charge on any atom is 0.343 e. The van der Waals surface area contributed by atoms with E-state index in [1.165, 1.54) is 40.4 Å². The Balaban J connectivity index is 2.28. The van der Waals surface area contributed by atoms with Gasteiger partial charge in [-0.1, -0.05) is 12.1 Å². The molecule has 3 aromatic rings. The summed E-state index contributed by atoms with van der Waals surface area (Å²) < 4.78 is 26.1. The molecule has 0 aliphatic carbocycles. The van der Waals surface area contributed by atoms with Crippen LogP contribution in [0.25, 0.3) is 11.0 Å². The molecule has 32 heavy (non-hydrogen) atoms. The van der Waals surface area contributed by atoms with E-state index in [0.29, 0.717) is 10.9 Å². The molecule has 0 bridgehead atoms. The van der Waals surface area contributed by atoms with E-state index in [9.17, 15) is 19.5 Å². The van der Waals surface area contributed by atoms with Crippen molar-refractivity contribution in [3.8, 4) is 23.0 Å². The quantitative estimate of drug-likeness (QED) is 0.334. The van der Waals surface area contributed by atoms with Gasteiger partial charge in [-0.15, -0.1) is 0 Å². The van der Waals surface area contributed by atoms with Gasteiger partial charge in [0.25, 0.3) is 0 Å². The number of benzene rings is 2. The van der Waals surface area contributed by atoms with Gasteiger partial charge in [0.15, 0.2) is 11.5 Å². The molecule has 0 fully saturated rings. The van der Waals surface area contributed by atoms with Crippen molar-refractivity contribution in [3.05, 3.63) is 57.9 Å². The summed E-state index contributed by atoms with van der Waals surface area (Å²) in [5.74, 6) is -2.19. The summed E-state index contributed by atoms with van der Waals surface area (Å²) in [6, 6.07) is 9.47. The van der Waals surface area contributed by atoms with Crippen molar-refractivity contribution >= 4 is 22.9 Å². The third-order valence-electron chi connectivity index (χ3n) is 4.90. The Morgan fingerprint density at radius 3 is 2.25 bits per heavy atom. The Morgan fingerprint density at radius 2 is 1.69 bits per heavy atom. The first-order valence-corrected chi connectivity index (χ1v) is 9.56. The van der Waals surface area contributed by atoms with E-state index in [4.69, 9.17) is 23.4 Å². The van der Waals surface area contributed by atoms with Crippen LogP contribution in [0.3, 0.4) is 0 Å². The number of hydrogen-bond acceptors (Lipinski definition) is 9. The average Bonchev–Trinajstić information content (AvgIpc) is 2.77. The highest BCUT2D eigenvalue weighted by atomic mass is 16.6. The molecule has 0 aliphatic rings. The van der Waals surface area contributed by atoms with Crippen LogP contribution < -0.4 is 19.8 Å². The van der Waals surface area contributed by atoms with Crippen molar-refractivity contribution in [1.82, 2.24) is 0 Å². The van der Waals surface area contributed by atoms with Crippen molar-refractivity contribution in [2.45, 2.75) is 19.3 Å². The van der Waals surface area contributed by atoms with E-state index in [0.717, 1.165) is 0 Å². The number of para-hydroxylation sites is 1. The van der Waals surface area contributed by atoms with Crippen molar-refractivity contribution in [2.75, 3.05) is 21.3 Å². The second kappa shape index (κ2) is 9.42. The van der Waals surface area contributed by atoms with Crippen molar-refractivity contribution < 1.29 is 38.1 Å². The summed E-state index contributed by atoms with van der Waals surface area (Å²) in [6.07, 6.45) is -0.285. The summed E-state index contributed by atoms with van der Waals surface area (Å²) in [5, 5.41) is 11.2. The maximum atomic E-state index is 12.8. The maximum absolute atomic E-state index is 12.8. The summed E-state index contributed by atoms with van der Waals surface area (Å²) in [5.41, 5.74) is -0.357. The molecular formula is C23H22O9. The largest absolute Gasteiger partial charge is 0.507 e. The third-order valence-corrected chi connectivity index (χ3v) is 4.90. The standard InChI is InChI=1S/C23H22O9/c1-12(24)31-22-17(28-2)9-13(10-18(22)29-3)15(11-19(25)30-4)20-21(26)14-7-5-6-8-16(14)32-23(20)27/h5-10,15,26H,11H2,1-4H3/t15-/m1/s1. The lowest BCUT2D eigenvalue weighted by molar-refractivity contribution is -0.140. The molecule has 168 valence electrons. The van der Waals surface area contributed by atoms with Crippen LogP contribution in [0, 0.1) is 0 Å². The lowest BCUT2D eigenvalue weighted by atomic mass is 9.87. The summed E-state index contributed by atoms with van der Waals surface area (Å²) in [7, 11) is 3.94. The fraction of sp³-hybridized carbons (Fsp3) is 0.261. The molecule has 2 aromatic carbocycles. The van der Waals surface area contributed by atoms with Gasteiger partial charge < -0.3 is 28.5 Å². The molecule has 0 spiro atoms. The summed E-state index contributed by atoms with van der Waals surface area (Å²) in [4.78, 5) is 36.6. The molecule has 0 saturated carbocycles. The number of ether oxygens (including phenoxy) is 4. The zero-order valence-corrected chi connectivity index (χ0v) is 18.0. The number of esters is 2. The van der Waals surface area contributed by atoms with E-state index in [-0.39, 0.29) is 40.6 Å². The van der Waals surface area contributed by atoms with Gasteiger partial charge >= 0.3 is 17.6 Å². The van der Waals surface area contributed by atoms with Crippen LogP contribution >= 0.6 is 0 Å². The van der Waals surface area contributed by atoms with E-state index in [1.54, 1.807) is 24.3 Å². The molecule has 0 saturated heterocycles. The molecule has 1 atom stereocenters. The smallest absolute Gasteiger partial charge is 0.343 e. The molecule has 0 aliphatic heterocycles. The number of rotatable bonds is 7. The minimum absolute atomic E-state index is 0.0397. The number of hydrogen-bond donors (Lipinski definition) is 1. The molecule has 9 heteroatoms. The van der Waals surface area contributed by atoms with Crippen LogP contribution in [0.4, 0.5) is 0 Å². The first-order valence-electron chi connectivity index (χ1n) is 9.56. The molecule has 0 amide bonds. The van der Waals surface area contributed by atoms with Gasteiger partial charge in [0.2, 0.25) is 5.75 Å². The normalized spacial score (nSPS) is 11.6. The van der Waals surface area contributed by atoms with Crippen LogP contribution in [0.2, 0.25) is 0 Å². The second-order valence-corrected chi connectivity index (χ2v) is 6.83. The summed E-state index contributed by atoms with van der Waals surface area (Å²) >= 11 is 0. The van der Waals surface area contributed by atoms with Gasteiger partial charge in [-0.05, 0) is 29.8 Å². The highest BCUT2D eigenvalue weighted by molar-refractivity contribution is 5.85. The summed E-state index contributed by atoms with van der Waals surface area (Å²) in [6.45, 7) is 1.23. The van der Waals surface area contributed by atoms with Crippen molar-refractivity contribution in [3.63, 3.8) is 0 Å². The Hall–Kier alpha value is -4.01. The number of fused-ring (bicyclic) bond motifs is 1. The number of carbonyl (C=O) groups excluding carboxylic acids is 2. The molecule has 1 aromatic heterocycles. The van der Waals surface area contributed by atoms with E-state index >= 15 is 0 Å². The van der Waals surface area contributed by atoms with E-state index in [1.807, 2.05) is 0 Å². The SMILES string of the molecule is COC(=O)C[C@H](c1cc(OC)c(OC(C)=O)c(OC)c1)c1c(O)c2ccccc2oc1=O. The number of aromatic hydroxyl groups is 1. The Bertz CT molecular complexity index is 1200. The van der Waals surface area contributed by atoms with Crippen molar-refractivity contribution in [1.29, 1.82) is 0 Å². The van der Waals surface area contributed by atoms with Gasteiger partial charge in [0.05, 0.1) is 38.7 Å². The van der Waals surface area contributed by atoms with E-state index in [2.05, 4.69) is 0 Å². The number of methoxy groups -OCH3 is 3. The van der Waals surface area contributed by atoms with E-state index < -0.39 is 23.5 Å². The molecule has 1 N–H and O–H groups in total. The lowest BCUT2D eigenvalue weighted by Gasteiger charge is -2.20. The highest BCUT2D eigenvalue weighted by Crippen LogP contribution is 2.44. The van der Waals surface area contributed by atoms with Gasteiger partial charge in [-0.25, -0.2) is 4.79 Å². The molecule has 1 heterocycles.